The molecule has 0 unspecified atom stereocenters. The fourth-order valence-electron chi connectivity index (χ4n) is 0. The summed E-state index contributed by atoms with van der Waals surface area (Å²) in [5, 5.41) is 10.1. The molecule has 0 atom stereocenters. The van der Waals surface area contributed by atoms with Gasteiger partial charge in [-0.05, 0) is 0 Å². The van der Waals surface area contributed by atoms with Crippen molar-refractivity contribution >= 4 is 29.6 Å². The normalized spacial score (nSPS) is 8.57. The zero-order valence-corrected chi connectivity index (χ0v) is 9.91. The smallest absolute Gasteiger partial charge is 0.850 e. The van der Waals surface area contributed by atoms with Gasteiger partial charge in [-0.3, -0.25) is 0 Å². The van der Waals surface area contributed by atoms with Crippen molar-refractivity contribution in [2.75, 3.05) is 0 Å². The molecule has 0 aliphatic heterocycles. The van der Waals surface area contributed by atoms with E-state index in [4.69, 9.17) is 0 Å². The van der Waals surface area contributed by atoms with Crippen molar-refractivity contribution in [1.29, 1.82) is 0 Å². The summed E-state index contributed by atoms with van der Waals surface area (Å²) in [4.78, 5) is 0. The fourth-order valence-corrected chi connectivity index (χ4v) is 0. The molecule has 0 aliphatic carbocycles. The van der Waals surface area contributed by atoms with Gasteiger partial charge in [0.2, 0.25) is 0 Å². The third-order valence-corrected chi connectivity index (χ3v) is 0. The predicted octanol–water partition coefficient (Wildman–Crippen LogP) is -3.23. The first-order valence-electron chi connectivity index (χ1n) is 1.70. The summed E-state index contributed by atoms with van der Waals surface area (Å²) in [5.41, 5.74) is -0.750. The molecule has 0 rings (SSSR count). The van der Waals surface area contributed by atoms with Gasteiger partial charge in [0.15, 0.2) is 0 Å². The van der Waals surface area contributed by atoms with Gasteiger partial charge in [0.25, 0.3) is 0 Å². The van der Waals surface area contributed by atoms with Crippen molar-refractivity contribution in [3.05, 3.63) is 0 Å². The van der Waals surface area contributed by atoms with Gasteiger partial charge in [-0.2, -0.15) is 0 Å². The maximum atomic E-state index is 10.1. The van der Waals surface area contributed by atoms with Crippen molar-refractivity contribution in [2.45, 2.75) is 26.4 Å². The summed E-state index contributed by atoms with van der Waals surface area (Å²) in [6, 6.07) is 0. The molecule has 0 aromatic carbocycles. The number of rotatable bonds is 0. The monoisotopic (exact) mass is 119 g/mol. The molecule has 33 valence electrons. The molecule has 0 heterocycles. The molecule has 0 spiro atoms. The van der Waals surface area contributed by atoms with E-state index < -0.39 is 5.60 Å². The van der Waals surface area contributed by atoms with E-state index in [0.29, 0.717) is 0 Å². The van der Waals surface area contributed by atoms with Crippen LogP contribution in [0.4, 0.5) is 0 Å². The average molecular weight is 119 g/mol. The standard InChI is InChI=1S/C4H9O.2Na/c1-4(2,3)5;;/h1-3H3;;/q-1;;+1. The second-order valence-corrected chi connectivity index (χ2v) is 2.11. The Bertz CT molecular complexity index is 25.2. The van der Waals surface area contributed by atoms with Gasteiger partial charge in [-0.25, -0.2) is 0 Å². The molecule has 0 bridgehead atoms. The molecule has 3 heteroatoms. The maximum absolute atomic E-state index is 10.1. The van der Waals surface area contributed by atoms with Gasteiger partial charge in [0.1, 0.15) is 0 Å². The number of hydrogen-bond acceptors (Lipinski definition) is 1. The quantitative estimate of drug-likeness (QED) is 0.307. The van der Waals surface area contributed by atoms with E-state index in [1.165, 1.54) is 0 Å². The van der Waals surface area contributed by atoms with Crippen LogP contribution in [0.1, 0.15) is 20.8 Å². The summed E-state index contributed by atoms with van der Waals surface area (Å²) in [5.74, 6) is 0. The first-order chi connectivity index (χ1) is 2.00. The van der Waals surface area contributed by atoms with Gasteiger partial charge in [0.05, 0.1) is 0 Å². The maximum Gasteiger partial charge on any atom is 1.00 e. The Balaban J connectivity index is -0.0000000800. The first-order valence-corrected chi connectivity index (χ1v) is 1.70. The molecule has 0 amide bonds. The van der Waals surface area contributed by atoms with Gasteiger partial charge in [-0.15, -0.1) is 5.60 Å². The molecular formula is C4H9Na2O. The molecule has 0 saturated heterocycles. The van der Waals surface area contributed by atoms with Crippen molar-refractivity contribution in [2.24, 2.45) is 0 Å². The first kappa shape index (κ1) is 16.0. The minimum atomic E-state index is -0.750. The Hall–Kier alpha value is 1.96. The van der Waals surface area contributed by atoms with Crippen molar-refractivity contribution in [3.8, 4) is 0 Å². The summed E-state index contributed by atoms with van der Waals surface area (Å²) >= 11 is 0. The zero-order valence-electron chi connectivity index (χ0n) is 5.91. The third-order valence-electron chi connectivity index (χ3n) is 0. The fraction of sp³-hybridized carbons (Fsp3) is 1.00. The van der Waals surface area contributed by atoms with Crippen molar-refractivity contribution in [1.82, 2.24) is 0 Å². The van der Waals surface area contributed by atoms with Crippen LogP contribution in [0.25, 0.3) is 0 Å². The molecule has 0 aliphatic rings. The van der Waals surface area contributed by atoms with E-state index in [2.05, 4.69) is 0 Å². The molecule has 0 aromatic heterocycles. The second-order valence-electron chi connectivity index (χ2n) is 2.11. The van der Waals surface area contributed by atoms with Crippen LogP contribution in [0.3, 0.4) is 0 Å². The Labute approximate surface area is 89.5 Å². The van der Waals surface area contributed by atoms with E-state index in [1.54, 1.807) is 20.8 Å². The molecule has 0 aromatic rings. The Morgan fingerprint density at radius 1 is 1.14 bits per heavy atom. The van der Waals surface area contributed by atoms with E-state index in [9.17, 15) is 5.11 Å². The summed E-state index contributed by atoms with van der Waals surface area (Å²) in [6.07, 6.45) is 0. The minimum absolute atomic E-state index is 0. The SMILES string of the molecule is CC(C)(C)[O-].[Na+].[Na]. The molecule has 0 fully saturated rings. The minimum Gasteiger partial charge on any atom is -0.850 e. The van der Waals surface area contributed by atoms with Crippen LogP contribution in [0, 0.1) is 0 Å². The van der Waals surface area contributed by atoms with E-state index in [-0.39, 0.29) is 59.1 Å². The van der Waals surface area contributed by atoms with Gasteiger partial charge in [0, 0.05) is 29.6 Å². The van der Waals surface area contributed by atoms with E-state index in [1.807, 2.05) is 0 Å². The number of hydrogen-bond donors (Lipinski definition) is 0. The van der Waals surface area contributed by atoms with Gasteiger partial charge in [-0.1, -0.05) is 20.8 Å². The molecule has 0 saturated carbocycles. The van der Waals surface area contributed by atoms with Crippen LogP contribution in [0.5, 0.6) is 0 Å². The van der Waals surface area contributed by atoms with Crippen LogP contribution < -0.4 is 34.7 Å². The third kappa shape index (κ3) is 73.6. The summed E-state index contributed by atoms with van der Waals surface area (Å²) in [6.45, 7) is 4.90. The molecular weight excluding hydrogens is 110 g/mol. The molecule has 7 heavy (non-hydrogen) atoms. The Kier molecular flexibility index (Phi) is 13.9. The van der Waals surface area contributed by atoms with Crippen LogP contribution in [0.2, 0.25) is 0 Å². The second kappa shape index (κ2) is 6.09. The van der Waals surface area contributed by atoms with Crippen LogP contribution >= 0.6 is 0 Å². The molecule has 1 nitrogen and oxygen atoms in total. The predicted molar refractivity (Wildman–Crippen MR) is 25.5 cm³/mol. The van der Waals surface area contributed by atoms with Gasteiger partial charge >= 0.3 is 29.6 Å². The van der Waals surface area contributed by atoms with Crippen molar-refractivity contribution < 1.29 is 34.7 Å². The zero-order chi connectivity index (χ0) is 4.50. The van der Waals surface area contributed by atoms with Crippen molar-refractivity contribution in [3.63, 3.8) is 0 Å². The van der Waals surface area contributed by atoms with Gasteiger partial charge < -0.3 is 5.11 Å². The molecule has 0 N–H and O–H groups in total. The summed E-state index contributed by atoms with van der Waals surface area (Å²) < 4.78 is 0. The summed E-state index contributed by atoms with van der Waals surface area (Å²) in [7, 11) is 0. The van der Waals surface area contributed by atoms with Crippen LogP contribution in [-0.2, 0) is 0 Å². The van der Waals surface area contributed by atoms with E-state index in [0.717, 1.165) is 0 Å². The molecule has 1 radical (unpaired) electrons. The van der Waals surface area contributed by atoms with Crippen LogP contribution in [-0.4, -0.2) is 35.2 Å². The Morgan fingerprint density at radius 2 is 1.14 bits per heavy atom. The largest absolute Gasteiger partial charge is 1.00 e. The Morgan fingerprint density at radius 3 is 1.14 bits per heavy atom. The topological polar surface area (TPSA) is 23.1 Å². The average Bonchev–Trinajstić information content (AvgIpc) is 0.722. The van der Waals surface area contributed by atoms with Crippen LogP contribution in [0.15, 0.2) is 0 Å². The van der Waals surface area contributed by atoms with E-state index >= 15 is 0 Å².